The minimum atomic E-state index is -3.19. The number of ether oxygens (including phenoxy) is 3. The number of carbonyl (C=O) groups is 1. The van der Waals surface area contributed by atoms with Gasteiger partial charge < -0.3 is 19.1 Å². The number of piperidine rings is 1. The molecule has 36 heavy (non-hydrogen) atoms. The highest BCUT2D eigenvalue weighted by molar-refractivity contribution is 7.90. The number of aryl methyl sites for hydroxylation is 1. The van der Waals surface area contributed by atoms with Crippen LogP contribution in [-0.2, 0) is 31.5 Å². The first-order valence-corrected chi connectivity index (χ1v) is 14.4. The van der Waals surface area contributed by atoms with Gasteiger partial charge in [-0.2, -0.15) is 0 Å². The summed E-state index contributed by atoms with van der Waals surface area (Å²) in [5.74, 6) is 0.954. The van der Waals surface area contributed by atoms with Crippen LogP contribution in [0.2, 0.25) is 0 Å². The molecule has 0 atom stereocenters. The van der Waals surface area contributed by atoms with Gasteiger partial charge in [-0.25, -0.2) is 13.2 Å². The second-order valence-corrected chi connectivity index (χ2v) is 13.0. The Hall–Kier alpha value is -2.58. The summed E-state index contributed by atoms with van der Waals surface area (Å²) < 4.78 is 41.3. The number of methoxy groups -OCH3 is 1. The van der Waals surface area contributed by atoms with Gasteiger partial charge in [-0.15, -0.1) is 0 Å². The molecule has 2 aromatic rings. The van der Waals surface area contributed by atoms with Crippen LogP contribution in [0, 0.1) is 0 Å². The van der Waals surface area contributed by atoms with Gasteiger partial charge in [0.1, 0.15) is 17.0 Å². The quantitative estimate of drug-likeness (QED) is 0.538. The van der Waals surface area contributed by atoms with E-state index in [1.54, 1.807) is 4.90 Å². The van der Waals surface area contributed by atoms with Crippen LogP contribution < -0.4 is 4.74 Å². The normalized spacial score (nSPS) is 17.4. The maximum Gasteiger partial charge on any atom is 0.410 e. The molecular weight excluding hydrogens is 478 g/mol. The molecule has 0 bridgehead atoms. The predicted molar refractivity (Wildman–Crippen MR) is 140 cm³/mol. The van der Waals surface area contributed by atoms with Crippen LogP contribution in [-0.4, -0.2) is 63.2 Å². The van der Waals surface area contributed by atoms with E-state index in [4.69, 9.17) is 14.2 Å². The van der Waals surface area contributed by atoms with Gasteiger partial charge >= 0.3 is 6.09 Å². The summed E-state index contributed by atoms with van der Waals surface area (Å²) >= 11 is 0. The van der Waals surface area contributed by atoms with Crippen molar-refractivity contribution in [1.29, 1.82) is 0 Å². The minimum Gasteiger partial charge on any atom is -0.487 e. The molecule has 2 heterocycles. The largest absolute Gasteiger partial charge is 0.487 e. The molecule has 0 radical (unpaired) electrons. The number of hydrogen-bond donors (Lipinski definition) is 0. The van der Waals surface area contributed by atoms with Crippen molar-refractivity contribution in [1.82, 2.24) is 4.90 Å². The smallest absolute Gasteiger partial charge is 0.410 e. The lowest BCUT2D eigenvalue weighted by molar-refractivity contribution is -0.0272. The number of fused-ring (bicyclic) bond motifs is 1. The number of nitrogens with zero attached hydrogens (tertiary/aromatic N) is 1. The fourth-order valence-corrected chi connectivity index (χ4v) is 6.07. The molecular formula is C28H37NO6S. The van der Waals surface area contributed by atoms with Gasteiger partial charge in [0.2, 0.25) is 0 Å². The van der Waals surface area contributed by atoms with Crippen LogP contribution in [0.3, 0.4) is 0 Å². The van der Waals surface area contributed by atoms with Crippen LogP contribution in [0.15, 0.2) is 42.5 Å². The summed E-state index contributed by atoms with van der Waals surface area (Å²) in [6.45, 7) is 7.13. The maximum absolute atomic E-state index is 12.4. The van der Waals surface area contributed by atoms with Crippen molar-refractivity contribution in [2.45, 2.75) is 63.4 Å². The Morgan fingerprint density at radius 2 is 1.69 bits per heavy atom. The van der Waals surface area contributed by atoms with Crippen molar-refractivity contribution in [2.75, 3.05) is 32.6 Å². The Bertz CT molecular complexity index is 1180. The van der Waals surface area contributed by atoms with E-state index in [-0.39, 0.29) is 29.8 Å². The highest BCUT2D eigenvalue weighted by Crippen LogP contribution is 2.41. The molecule has 0 saturated carbocycles. The summed E-state index contributed by atoms with van der Waals surface area (Å²) in [6, 6.07) is 14.0. The molecule has 7 nitrogen and oxygen atoms in total. The third kappa shape index (κ3) is 6.59. The highest BCUT2D eigenvalue weighted by Gasteiger charge is 2.41. The van der Waals surface area contributed by atoms with Gasteiger partial charge in [-0.3, -0.25) is 0 Å². The molecule has 2 aromatic carbocycles. The highest BCUT2D eigenvalue weighted by atomic mass is 32.2. The lowest BCUT2D eigenvalue weighted by Crippen LogP contribution is -2.52. The van der Waals surface area contributed by atoms with E-state index in [0.717, 1.165) is 48.1 Å². The Balaban J connectivity index is 1.38. The van der Waals surface area contributed by atoms with Gasteiger partial charge in [0.05, 0.1) is 18.1 Å². The number of likely N-dealkylation sites (tertiary alicyclic amines) is 1. The predicted octanol–water partition coefficient (Wildman–Crippen LogP) is 5.01. The molecule has 0 aliphatic carbocycles. The minimum absolute atomic E-state index is 0.0160. The monoisotopic (exact) mass is 515 g/mol. The second-order valence-electron chi connectivity index (χ2n) is 10.9. The Kier molecular flexibility index (Phi) is 7.67. The molecule has 1 amide bonds. The van der Waals surface area contributed by atoms with E-state index in [2.05, 4.69) is 12.1 Å². The number of rotatable bonds is 6. The number of amides is 1. The first-order valence-electron chi connectivity index (χ1n) is 12.6. The van der Waals surface area contributed by atoms with Crippen LogP contribution in [0.5, 0.6) is 5.75 Å². The maximum atomic E-state index is 12.4. The Morgan fingerprint density at radius 3 is 2.33 bits per heavy atom. The second kappa shape index (κ2) is 10.4. The first kappa shape index (κ1) is 26.5. The zero-order valence-electron chi connectivity index (χ0n) is 21.7. The average Bonchev–Trinajstić information content (AvgIpc) is 2.82. The number of carbonyl (C=O) groups excluding carboxylic acids is 1. The van der Waals surface area contributed by atoms with E-state index in [9.17, 15) is 13.2 Å². The average molecular weight is 516 g/mol. The van der Waals surface area contributed by atoms with Crippen molar-refractivity contribution >= 4 is 15.9 Å². The molecule has 4 rings (SSSR count). The number of hydrogen-bond acceptors (Lipinski definition) is 6. The fourth-order valence-electron chi connectivity index (χ4n) is 4.81. The zero-order valence-corrected chi connectivity index (χ0v) is 22.5. The molecule has 2 aliphatic heterocycles. The Labute approximate surface area is 214 Å². The summed E-state index contributed by atoms with van der Waals surface area (Å²) in [4.78, 5) is 14.2. The van der Waals surface area contributed by atoms with Gasteiger partial charge in [-0.1, -0.05) is 30.3 Å². The standard InChI is InChI=1S/C28H37NO6S/c1-27(2,3)35-26(30)29-15-13-28(14-16-29)12-11-24-19-23(9-10-25(24)34-28)22-7-5-21(6-8-22)20-36(31,32)18-17-33-4/h5-10,19H,11-18,20H2,1-4H3. The van der Waals surface area contributed by atoms with Gasteiger partial charge in [0, 0.05) is 33.0 Å². The van der Waals surface area contributed by atoms with E-state index in [0.29, 0.717) is 13.1 Å². The van der Waals surface area contributed by atoms with Crippen molar-refractivity contribution < 1.29 is 27.4 Å². The molecule has 2 aliphatic rings. The third-order valence-electron chi connectivity index (χ3n) is 6.84. The molecule has 1 saturated heterocycles. The first-order chi connectivity index (χ1) is 17.0. The van der Waals surface area contributed by atoms with E-state index in [1.807, 2.05) is 51.1 Å². The summed E-state index contributed by atoms with van der Waals surface area (Å²) in [7, 11) is -1.68. The SMILES string of the molecule is COCCS(=O)(=O)Cc1ccc(-c2ccc3c(c2)CCC2(CCN(C(=O)OC(C)(C)C)CC2)O3)cc1. The Morgan fingerprint density at radius 1 is 1.03 bits per heavy atom. The molecule has 0 N–H and O–H groups in total. The summed E-state index contributed by atoms with van der Waals surface area (Å²) in [5.41, 5.74) is 3.35. The zero-order chi connectivity index (χ0) is 26.0. The lowest BCUT2D eigenvalue weighted by Gasteiger charge is -2.44. The summed E-state index contributed by atoms with van der Waals surface area (Å²) in [5, 5.41) is 0. The third-order valence-corrected chi connectivity index (χ3v) is 8.40. The van der Waals surface area contributed by atoms with Crippen LogP contribution in [0.4, 0.5) is 4.79 Å². The van der Waals surface area contributed by atoms with Crippen molar-refractivity contribution in [3.05, 3.63) is 53.6 Å². The molecule has 196 valence electrons. The lowest BCUT2D eigenvalue weighted by atomic mass is 9.82. The van der Waals surface area contributed by atoms with Crippen molar-refractivity contribution in [3.63, 3.8) is 0 Å². The van der Waals surface area contributed by atoms with Crippen LogP contribution in [0.25, 0.3) is 11.1 Å². The van der Waals surface area contributed by atoms with Crippen LogP contribution in [0.1, 0.15) is 51.2 Å². The molecule has 8 heteroatoms. The molecule has 1 fully saturated rings. The number of sulfone groups is 1. The molecule has 0 unspecified atom stereocenters. The topological polar surface area (TPSA) is 82.1 Å². The van der Waals surface area contributed by atoms with Crippen molar-refractivity contribution in [2.24, 2.45) is 0 Å². The molecule has 0 aromatic heterocycles. The van der Waals surface area contributed by atoms with Gasteiger partial charge in [0.25, 0.3) is 0 Å². The van der Waals surface area contributed by atoms with E-state index >= 15 is 0 Å². The van der Waals surface area contributed by atoms with Gasteiger partial charge in [0.15, 0.2) is 9.84 Å². The van der Waals surface area contributed by atoms with Crippen molar-refractivity contribution in [3.8, 4) is 16.9 Å². The molecule has 1 spiro atoms. The fraction of sp³-hybridized carbons (Fsp3) is 0.536. The van der Waals surface area contributed by atoms with Gasteiger partial charge in [-0.05, 0) is 68.0 Å². The van der Waals surface area contributed by atoms with Crippen LogP contribution >= 0.6 is 0 Å². The summed E-state index contributed by atoms with van der Waals surface area (Å²) in [6.07, 6.45) is 3.18. The van der Waals surface area contributed by atoms with E-state index < -0.39 is 15.4 Å². The number of benzene rings is 2. The van der Waals surface area contributed by atoms with E-state index in [1.165, 1.54) is 12.7 Å².